The van der Waals surface area contributed by atoms with Crippen LogP contribution in [0.25, 0.3) is 21.5 Å². The largest absolute Gasteiger partial charge is 0.493 e. The first-order chi connectivity index (χ1) is 12.0. The van der Waals surface area contributed by atoms with Crippen LogP contribution >= 0.6 is 0 Å². The van der Waals surface area contributed by atoms with Crippen molar-refractivity contribution < 1.29 is 22.1 Å². The molecule has 0 aliphatic carbocycles. The topological polar surface area (TPSA) is 61.8 Å². The Bertz CT molecular complexity index is 1020. The molecule has 0 radical (unpaired) electrons. The van der Waals surface area contributed by atoms with Crippen LogP contribution in [0.3, 0.4) is 0 Å². The smallest absolute Gasteiger partial charge is 0.296 e. The van der Waals surface area contributed by atoms with Crippen LogP contribution in [0.1, 0.15) is 13.8 Å². The summed E-state index contributed by atoms with van der Waals surface area (Å²) in [6, 6.07) is 12.6. The van der Waals surface area contributed by atoms with Crippen molar-refractivity contribution in [2.75, 3.05) is 20.3 Å². The van der Waals surface area contributed by atoms with E-state index in [9.17, 15) is 8.42 Å². The number of fused-ring (bicyclic) bond motifs is 2. The normalized spacial score (nSPS) is 11.8. The van der Waals surface area contributed by atoms with E-state index in [1.54, 1.807) is 12.1 Å². The van der Waals surface area contributed by atoms with Crippen molar-refractivity contribution in [2.24, 2.45) is 0 Å². The fourth-order valence-corrected chi connectivity index (χ4v) is 3.62. The van der Waals surface area contributed by atoms with Gasteiger partial charge in [-0.3, -0.25) is 4.18 Å². The molecular weight excluding hydrogens is 340 g/mol. The summed E-state index contributed by atoms with van der Waals surface area (Å²) < 4.78 is 40.6. The highest BCUT2D eigenvalue weighted by Gasteiger charge is 2.20. The first-order valence-corrected chi connectivity index (χ1v) is 9.49. The summed E-state index contributed by atoms with van der Waals surface area (Å²) in [6.07, 6.45) is 0. The number of rotatable bonds is 6. The van der Waals surface area contributed by atoms with Gasteiger partial charge in [-0.25, -0.2) is 0 Å². The van der Waals surface area contributed by atoms with Crippen LogP contribution in [-0.2, 0) is 14.3 Å². The van der Waals surface area contributed by atoms with Gasteiger partial charge in [0.1, 0.15) is 11.5 Å². The Morgan fingerprint density at radius 1 is 0.800 bits per heavy atom. The summed E-state index contributed by atoms with van der Waals surface area (Å²) in [5.41, 5.74) is 0. The van der Waals surface area contributed by atoms with Gasteiger partial charge >= 0.3 is 0 Å². The zero-order chi connectivity index (χ0) is 18.0. The maximum atomic E-state index is 12.1. The lowest BCUT2D eigenvalue weighted by Gasteiger charge is -2.17. The molecule has 0 unspecified atom stereocenters. The van der Waals surface area contributed by atoms with Crippen molar-refractivity contribution in [3.05, 3.63) is 42.5 Å². The summed E-state index contributed by atoms with van der Waals surface area (Å²) in [4.78, 5) is 0.0844. The van der Waals surface area contributed by atoms with E-state index in [4.69, 9.17) is 9.47 Å². The molecule has 0 aliphatic heterocycles. The van der Waals surface area contributed by atoms with Crippen molar-refractivity contribution in [1.82, 2.24) is 0 Å². The van der Waals surface area contributed by atoms with Crippen LogP contribution < -0.4 is 9.47 Å². The molecule has 0 aliphatic rings. The molecule has 0 saturated carbocycles. The highest BCUT2D eigenvalue weighted by atomic mass is 32.2. The van der Waals surface area contributed by atoms with Crippen molar-refractivity contribution >= 4 is 31.7 Å². The predicted octanol–water partition coefficient (Wildman–Crippen LogP) is 4.13. The summed E-state index contributed by atoms with van der Waals surface area (Å²) in [6.45, 7) is 4.78. The Kier molecular flexibility index (Phi) is 4.83. The summed E-state index contributed by atoms with van der Waals surface area (Å²) in [5, 5.41) is 3.30. The van der Waals surface area contributed by atoms with E-state index in [2.05, 4.69) is 4.18 Å². The standard InChI is InChI=1S/C19H20O5S/c1-4-23-18-14-8-6-7-9-15(14)19(24-5-2)17-12-13(10-11-16(17)18)25(20,21)22-3/h6-12H,4-5H2,1-3H3. The summed E-state index contributed by atoms with van der Waals surface area (Å²) >= 11 is 0. The van der Waals surface area contributed by atoms with Gasteiger partial charge in [-0.2, -0.15) is 8.42 Å². The Hall–Kier alpha value is -2.31. The maximum absolute atomic E-state index is 12.1. The van der Waals surface area contributed by atoms with Gasteiger partial charge in [-0.05, 0) is 32.0 Å². The lowest BCUT2D eigenvalue weighted by Crippen LogP contribution is -2.04. The summed E-state index contributed by atoms with van der Waals surface area (Å²) in [7, 11) is -2.65. The zero-order valence-electron chi connectivity index (χ0n) is 14.4. The second-order valence-electron chi connectivity index (χ2n) is 5.40. The monoisotopic (exact) mass is 360 g/mol. The van der Waals surface area contributed by atoms with Gasteiger partial charge in [0.05, 0.1) is 25.2 Å². The van der Waals surface area contributed by atoms with E-state index < -0.39 is 10.1 Å². The number of hydrogen-bond acceptors (Lipinski definition) is 5. The van der Waals surface area contributed by atoms with E-state index in [0.717, 1.165) is 29.0 Å². The third kappa shape index (κ3) is 3.03. The fourth-order valence-electron chi connectivity index (χ4n) is 2.93. The molecule has 3 aromatic carbocycles. The van der Waals surface area contributed by atoms with Gasteiger partial charge in [-0.1, -0.05) is 24.3 Å². The van der Waals surface area contributed by atoms with Gasteiger partial charge in [-0.15, -0.1) is 0 Å². The molecule has 0 N–H and O–H groups in total. The van der Waals surface area contributed by atoms with E-state index in [1.807, 2.05) is 38.1 Å². The first kappa shape index (κ1) is 17.5. The van der Waals surface area contributed by atoms with Crippen molar-refractivity contribution in [2.45, 2.75) is 18.7 Å². The van der Waals surface area contributed by atoms with Crippen LogP contribution in [0.4, 0.5) is 0 Å². The average molecular weight is 360 g/mol. The minimum Gasteiger partial charge on any atom is -0.493 e. The molecule has 0 fully saturated rings. The molecular formula is C19H20O5S. The number of ether oxygens (including phenoxy) is 2. The van der Waals surface area contributed by atoms with Crippen LogP contribution in [0, 0.1) is 0 Å². The Morgan fingerprint density at radius 3 is 1.84 bits per heavy atom. The van der Waals surface area contributed by atoms with Crippen molar-refractivity contribution in [3.8, 4) is 11.5 Å². The molecule has 3 aromatic rings. The number of hydrogen-bond donors (Lipinski definition) is 0. The molecule has 3 rings (SSSR count). The molecule has 0 saturated heterocycles. The minimum absolute atomic E-state index is 0.0844. The van der Waals surface area contributed by atoms with Gasteiger partial charge in [0, 0.05) is 21.5 Å². The average Bonchev–Trinajstić information content (AvgIpc) is 2.64. The second-order valence-corrected chi connectivity index (χ2v) is 7.11. The Morgan fingerprint density at radius 2 is 1.32 bits per heavy atom. The quantitative estimate of drug-likeness (QED) is 0.489. The molecule has 132 valence electrons. The van der Waals surface area contributed by atoms with Gasteiger partial charge in [0.2, 0.25) is 0 Å². The Balaban J connectivity index is 2.47. The van der Waals surface area contributed by atoms with Crippen LogP contribution in [0.15, 0.2) is 47.4 Å². The lowest BCUT2D eigenvalue weighted by atomic mass is 10.0. The molecule has 6 heteroatoms. The highest BCUT2D eigenvalue weighted by Crippen LogP contribution is 2.43. The molecule has 0 amide bonds. The van der Waals surface area contributed by atoms with E-state index in [-0.39, 0.29) is 4.90 Å². The highest BCUT2D eigenvalue weighted by molar-refractivity contribution is 7.86. The molecule has 0 aromatic heterocycles. The SMILES string of the molecule is CCOc1c2ccccc2c(OCC)c2cc(S(=O)(=O)OC)ccc12. The third-order valence-corrected chi connectivity index (χ3v) is 5.25. The second kappa shape index (κ2) is 6.90. The molecule has 0 atom stereocenters. The van der Waals surface area contributed by atoms with Crippen molar-refractivity contribution in [3.63, 3.8) is 0 Å². The molecule has 25 heavy (non-hydrogen) atoms. The van der Waals surface area contributed by atoms with E-state index >= 15 is 0 Å². The van der Waals surface area contributed by atoms with Crippen LogP contribution in [0.5, 0.6) is 11.5 Å². The predicted molar refractivity (Wildman–Crippen MR) is 98.0 cm³/mol. The minimum atomic E-state index is -3.80. The van der Waals surface area contributed by atoms with Crippen LogP contribution in [0.2, 0.25) is 0 Å². The molecule has 0 spiro atoms. The van der Waals surface area contributed by atoms with Gasteiger partial charge in [0.25, 0.3) is 10.1 Å². The summed E-state index contributed by atoms with van der Waals surface area (Å²) in [5.74, 6) is 1.36. The van der Waals surface area contributed by atoms with Crippen molar-refractivity contribution in [1.29, 1.82) is 0 Å². The molecule has 5 nitrogen and oxygen atoms in total. The lowest BCUT2D eigenvalue weighted by molar-refractivity contribution is 0.342. The number of benzene rings is 3. The maximum Gasteiger partial charge on any atom is 0.296 e. The van der Waals surface area contributed by atoms with E-state index in [0.29, 0.717) is 24.3 Å². The first-order valence-electron chi connectivity index (χ1n) is 8.08. The Labute approximate surface area is 147 Å². The fraction of sp³-hybridized carbons (Fsp3) is 0.263. The van der Waals surface area contributed by atoms with E-state index in [1.165, 1.54) is 6.07 Å². The van der Waals surface area contributed by atoms with Gasteiger partial charge in [0.15, 0.2) is 0 Å². The third-order valence-electron chi connectivity index (χ3n) is 3.98. The van der Waals surface area contributed by atoms with Crippen LogP contribution in [-0.4, -0.2) is 28.7 Å². The van der Waals surface area contributed by atoms with Gasteiger partial charge < -0.3 is 9.47 Å². The molecule has 0 heterocycles. The molecule has 0 bridgehead atoms. The zero-order valence-corrected chi connectivity index (χ0v) is 15.2.